The van der Waals surface area contributed by atoms with Gasteiger partial charge in [-0.15, -0.1) is 0 Å². The molecule has 8 rings (SSSR count). The van der Waals surface area contributed by atoms with E-state index in [0.717, 1.165) is 35.7 Å². The van der Waals surface area contributed by atoms with Gasteiger partial charge in [0.25, 0.3) is 0 Å². The van der Waals surface area contributed by atoms with Crippen molar-refractivity contribution in [1.82, 2.24) is 34.1 Å². The lowest BCUT2D eigenvalue weighted by Crippen LogP contribution is -2.42. The van der Waals surface area contributed by atoms with Crippen LogP contribution in [-0.4, -0.2) is 88.2 Å². The summed E-state index contributed by atoms with van der Waals surface area (Å²) in [6.45, 7) is 3.66. The van der Waals surface area contributed by atoms with Gasteiger partial charge in [0.1, 0.15) is 28.4 Å². The van der Waals surface area contributed by atoms with Crippen LogP contribution in [0.2, 0.25) is 5.02 Å². The summed E-state index contributed by atoms with van der Waals surface area (Å²) >= 11 is 6.99. The van der Waals surface area contributed by atoms with Crippen LogP contribution in [0.4, 0.5) is 10.2 Å². The topological polar surface area (TPSA) is 125 Å². The van der Waals surface area contributed by atoms with Gasteiger partial charge in [0.2, 0.25) is 5.16 Å². The van der Waals surface area contributed by atoms with Crippen molar-refractivity contribution < 1.29 is 23.2 Å². The van der Waals surface area contributed by atoms with Crippen LogP contribution < -0.4 is 4.90 Å². The molecule has 1 aliphatic carbocycles. The zero-order valence-electron chi connectivity index (χ0n) is 26.2. The fraction of sp³-hybridized carbons (Fsp3) is 0.548. The maximum Gasteiger partial charge on any atom is 0.222 e. The van der Waals surface area contributed by atoms with Crippen molar-refractivity contribution in [1.29, 1.82) is 0 Å². The SMILES string of the molecule is Cn1nc(-c2c(C3(F)CC3)c(Cl)cc3c2cnn3C2CCCCO2)c2c1c1c(N3CCOC[C@@](C)(O)C3)nc(S(C)=O)nc1n2C. The van der Waals surface area contributed by atoms with Crippen LogP contribution >= 0.6 is 11.6 Å². The molecule has 3 atom stereocenters. The van der Waals surface area contributed by atoms with E-state index in [1.165, 1.54) is 0 Å². The van der Waals surface area contributed by atoms with Crippen LogP contribution in [0.15, 0.2) is 17.4 Å². The maximum absolute atomic E-state index is 16.3. The lowest BCUT2D eigenvalue weighted by atomic mass is 9.95. The number of aromatic nitrogens is 7. The molecular formula is C31H36ClFN8O4S. The largest absolute Gasteiger partial charge is 0.386 e. The second kappa shape index (κ2) is 10.7. The molecule has 2 unspecified atom stereocenters. The van der Waals surface area contributed by atoms with Crippen molar-refractivity contribution in [2.75, 3.05) is 44.1 Å². The number of fused-ring (bicyclic) bond motifs is 4. The third kappa shape index (κ3) is 4.67. The molecule has 1 saturated carbocycles. The van der Waals surface area contributed by atoms with E-state index in [-0.39, 0.29) is 24.5 Å². The van der Waals surface area contributed by atoms with Gasteiger partial charge in [0.15, 0.2) is 6.23 Å². The van der Waals surface area contributed by atoms with Gasteiger partial charge >= 0.3 is 0 Å². The van der Waals surface area contributed by atoms with E-state index in [0.29, 0.717) is 76.8 Å². The Balaban J connectivity index is 1.43. The second-order valence-electron chi connectivity index (χ2n) is 13.1. The number of hydrogen-bond acceptors (Lipinski definition) is 9. The number of hydrogen-bond donors (Lipinski definition) is 1. The summed E-state index contributed by atoms with van der Waals surface area (Å²) in [5.74, 6) is 0.531. The minimum absolute atomic E-state index is 0.174. The van der Waals surface area contributed by atoms with Crippen molar-refractivity contribution in [2.24, 2.45) is 14.1 Å². The first-order chi connectivity index (χ1) is 22.0. The fourth-order valence-electron chi connectivity index (χ4n) is 7.14. The van der Waals surface area contributed by atoms with Crippen LogP contribution in [0.25, 0.3) is 44.2 Å². The number of aliphatic hydroxyl groups is 1. The summed E-state index contributed by atoms with van der Waals surface area (Å²) < 4.78 is 46.4. The standard InChI is InChI=1S/C31H36ClFN8O4S/c1-30(42)15-40(10-12-44-16-30)28-22-25-26(38(2)27(22)35-29(36-28)46(4)43)24(37-39(25)3)21-17-14-34-41(20-7-5-6-11-45-20)19(17)13-18(32)23(21)31(33)8-9-31/h13-14,20,42H,5-12,15-16H2,1-4H3/t20?,30-,46?/m0/s1. The molecule has 1 N–H and O–H groups in total. The van der Waals surface area contributed by atoms with Gasteiger partial charge in [0, 0.05) is 55.0 Å². The number of anilines is 1. The van der Waals surface area contributed by atoms with Gasteiger partial charge in [-0.25, -0.2) is 19.0 Å². The third-order valence-electron chi connectivity index (χ3n) is 9.43. The zero-order valence-corrected chi connectivity index (χ0v) is 27.8. The number of alkyl halides is 1. The Hall–Kier alpha value is -3.17. The summed E-state index contributed by atoms with van der Waals surface area (Å²) in [4.78, 5) is 11.5. The molecule has 0 radical (unpaired) electrons. The number of aryl methyl sites for hydroxylation is 2. The molecule has 4 aromatic heterocycles. The molecule has 5 aromatic rings. The van der Waals surface area contributed by atoms with Gasteiger partial charge in [-0.2, -0.15) is 10.2 Å². The highest BCUT2D eigenvalue weighted by Gasteiger charge is 2.49. The lowest BCUT2D eigenvalue weighted by Gasteiger charge is -2.28. The Morgan fingerprint density at radius 2 is 1.98 bits per heavy atom. The molecule has 0 spiro atoms. The molecule has 244 valence electrons. The van der Waals surface area contributed by atoms with Crippen LogP contribution in [0.3, 0.4) is 0 Å². The van der Waals surface area contributed by atoms with Crippen molar-refractivity contribution in [2.45, 2.75) is 61.7 Å². The molecule has 0 bridgehead atoms. The number of ether oxygens (including phenoxy) is 2. The van der Waals surface area contributed by atoms with Crippen LogP contribution in [0, 0.1) is 0 Å². The predicted octanol–water partition coefficient (Wildman–Crippen LogP) is 4.51. The van der Waals surface area contributed by atoms with Gasteiger partial charge < -0.3 is 24.0 Å². The number of β-amino-alcohol motifs (C(OH)–C–C–N with tert-alkyl or cyclic N) is 1. The summed E-state index contributed by atoms with van der Waals surface area (Å²) in [7, 11) is 2.23. The van der Waals surface area contributed by atoms with E-state index in [1.54, 1.807) is 24.1 Å². The summed E-state index contributed by atoms with van der Waals surface area (Å²) in [6, 6.07) is 1.81. The minimum Gasteiger partial charge on any atom is -0.386 e. The van der Waals surface area contributed by atoms with Crippen molar-refractivity contribution in [3.8, 4) is 11.3 Å². The Morgan fingerprint density at radius 3 is 2.70 bits per heavy atom. The van der Waals surface area contributed by atoms with Crippen molar-refractivity contribution >= 4 is 61.2 Å². The van der Waals surface area contributed by atoms with E-state index in [1.807, 2.05) is 34.3 Å². The second-order valence-corrected chi connectivity index (χ2v) is 14.8. The maximum atomic E-state index is 16.3. The highest BCUT2D eigenvalue weighted by atomic mass is 35.5. The van der Waals surface area contributed by atoms with E-state index >= 15 is 4.39 Å². The van der Waals surface area contributed by atoms with E-state index in [9.17, 15) is 9.32 Å². The van der Waals surface area contributed by atoms with E-state index < -0.39 is 22.1 Å². The molecule has 0 amide bonds. The summed E-state index contributed by atoms with van der Waals surface area (Å²) in [5, 5.41) is 22.7. The first-order valence-corrected chi connectivity index (χ1v) is 17.5. The number of halogens is 2. The normalized spacial score (nSPS) is 24.2. The summed E-state index contributed by atoms with van der Waals surface area (Å²) in [5.41, 5.74) is 1.60. The number of nitrogens with zero attached hydrogens (tertiary/aromatic N) is 8. The van der Waals surface area contributed by atoms with E-state index in [2.05, 4.69) is 0 Å². The highest BCUT2D eigenvalue weighted by molar-refractivity contribution is 7.84. The lowest BCUT2D eigenvalue weighted by molar-refractivity contribution is -0.0366. The Labute approximate surface area is 271 Å². The van der Waals surface area contributed by atoms with Gasteiger partial charge in [-0.3, -0.25) is 8.89 Å². The minimum atomic E-state index is -1.58. The third-order valence-corrected chi connectivity index (χ3v) is 10.4. The first-order valence-electron chi connectivity index (χ1n) is 15.6. The van der Waals surface area contributed by atoms with Crippen LogP contribution in [0.5, 0.6) is 0 Å². The molecule has 1 aromatic carbocycles. The molecule has 2 saturated heterocycles. The fourth-order valence-corrected chi connectivity index (χ4v) is 7.94. The smallest absolute Gasteiger partial charge is 0.222 e. The van der Waals surface area contributed by atoms with Crippen LogP contribution in [-0.2, 0) is 40.0 Å². The average molecular weight is 671 g/mol. The number of benzene rings is 1. The average Bonchev–Trinajstić information content (AvgIpc) is 3.40. The Morgan fingerprint density at radius 1 is 1.17 bits per heavy atom. The molecule has 46 heavy (non-hydrogen) atoms. The molecule has 3 fully saturated rings. The molecule has 12 nitrogen and oxygen atoms in total. The monoisotopic (exact) mass is 670 g/mol. The van der Waals surface area contributed by atoms with Gasteiger partial charge in [-0.05, 0) is 45.1 Å². The van der Waals surface area contributed by atoms with Crippen molar-refractivity contribution in [3.63, 3.8) is 0 Å². The van der Waals surface area contributed by atoms with Crippen molar-refractivity contribution in [3.05, 3.63) is 22.8 Å². The first kappa shape index (κ1) is 30.2. The predicted molar refractivity (Wildman–Crippen MR) is 173 cm³/mol. The molecule has 15 heteroatoms. The van der Waals surface area contributed by atoms with E-state index in [4.69, 9.17) is 41.2 Å². The van der Waals surface area contributed by atoms with Gasteiger partial charge in [0.05, 0.1) is 58.7 Å². The molecular weight excluding hydrogens is 635 g/mol. The molecule has 3 aliphatic rings. The molecule has 6 heterocycles. The Kier molecular flexibility index (Phi) is 7.00. The van der Waals surface area contributed by atoms with Crippen LogP contribution in [0.1, 0.15) is 50.8 Å². The highest BCUT2D eigenvalue weighted by Crippen LogP contribution is 2.57. The quantitative estimate of drug-likeness (QED) is 0.269. The Bertz CT molecular complexity index is 2060. The molecule has 2 aliphatic heterocycles. The summed E-state index contributed by atoms with van der Waals surface area (Å²) in [6.07, 6.45) is 6.67. The number of rotatable bonds is 5. The van der Waals surface area contributed by atoms with Gasteiger partial charge in [-0.1, -0.05) is 11.6 Å². The zero-order chi connectivity index (χ0) is 32.1.